The van der Waals surface area contributed by atoms with Crippen molar-refractivity contribution in [1.82, 2.24) is 0 Å². The molecule has 0 unspecified atom stereocenters. The number of alkyl halides is 2. The normalized spacial score (nSPS) is 18.3. The van der Waals surface area contributed by atoms with E-state index in [0.717, 1.165) is 5.57 Å². The third-order valence-corrected chi connectivity index (χ3v) is 4.37. The number of allylic oxidation sites excluding steroid dienone is 4. The minimum Gasteiger partial charge on any atom is -0.0966 e. The van der Waals surface area contributed by atoms with Gasteiger partial charge in [-0.2, -0.15) is 0 Å². The first kappa shape index (κ1) is 14.8. The predicted molar refractivity (Wildman–Crippen MR) is 82.4 cm³/mol. The van der Waals surface area contributed by atoms with Crippen LogP contribution in [0.2, 0.25) is 15.1 Å². The molecule has 1 aromatic rings. The molecule has 0 bridgehead atoms. The van der Waals surface area contributed by atoms with E-state index in [9.17, 15) is 0 Å². The van der Waals surface area contributed by atoms with Gasteiger partial charge in [0.15, 0.2) is 0 Å². The van der Waals surface area contributed by atoms with Gasteiger partial charge in [-0.25, -0.2) is 0 Å². The Hall–Kier alpha value is 0.440. The first-order chi connectivity index (χ1) is 8.30. The van der Waals surface area contributed by atoms with Crippen molar-refractivity contribution in [3.05, 3.63) is 49.9 Å². The topological polar surface area (TPSA) is 0 Å². The van der Waals surface area contributed by atoms with Gasteiger partial charge in [-0.1, -0.05) is 75.7 Å². The zero-order valence-corrected chi connectivity index (χ0v) is 13.3. The Labute approximate surface area is 135 Å². The van der Waals surface area contributed by atoms with Gasteiger partial charge in [0.25, 0.3) is 0 Å². The highest BCUT2D eigenvalue weighted by molar-refractivity contribution is 6.51. The van der Waals surface area contributed by atoms with E-state index in [4.69, 9.17) is 69.6 Å². The summed E-state index contributed by atoms with van der Waals surface area (Å²) in [4.78, 5) is 0. The number of hydrogen-bond acceptors (Lipinski definition) is 0. The summed E-state index contributed by atoms with van der Waals surface area (Å²) in [5.74, 6) is 0. The van der Waals surface area contributed by atoms with Gasteiger partial charge in [0.1, 0.15) is 4.33 Å². The summed E-state index contributed by atoms with van der Waals surface area (Å²) >= 11 is 36.2. The molecule has 0 saturated carbocycles. The zero-order valence-electron chi connectivity index (χ0n) is 8.78. The van der Waals surface area contributed by atoms with E-state index >= 15 is 0 Å². The first-order valence-electron chi connectivity index (χ1n) is 4.91. The summed E-state index contributed by atoms with van der Waals surface area (Å²) < 4.78 is -0.983. The minimum atomic E-state index is -0.983. The number of benzene rings is 1. The van der Waals surface area contributed by atoms with Crippen LogP contribution in [0.15, 0.2) is 29.3 Å². The molecule has 1 aliphatic carbocycles. The van der Waals surface area contributed by atoms with Gasteiger partial charge < -0.3 is 0 Å². The summed E-state index contributed by atoms with van der Waals surface area (Å²) in [7, 11) is 0. The van der Waals surface area contributed by atoms with Crippen LogP contribution in [-0.4, -0.2) is 4.33 Å². The van der Waals surface area contributed by atoms with E-state index in [1.165, 1.54) is 0 Å². The summed E-state index contributed by atoms with van der Waals surface area (Å²) in [6.07, 6.45) is 3.72. The van der Waals surface area contributed by atoms with Crippen molar-refractivity contribution < 1.29 is 0 Å². The summed E-state index contributed by atoms with van der Waals surface area (Å²) in [6, 6.07) is 3.25. The molecule has 0 aromatic heterocycles. The average Bonchev–Trinajstić information content (AvgIpc) is 2.23. The lowest BCUT2D eigenvalue weighted by Crippen LogP contribution is -2.12. The van der Waals surface area contributed by atoms with Gasteiger partial charge in [-0.3, -0.25) is 0 Å². The van der Waals surface area contributed by atoms with Crippen molar-refractivity contribution >= 4 is 75.2 Å². The van der Waals surface area contributed by atoms with Crippen molar-refractivity contribution in [1.29, 1.82) is 0 Å². The second-order valence-electron chi connectivity index (χ2n) is 3.84. The van der Waals surface area contributed by atoms with Crippen molar-refractivity contribution in [2.75, 3.05) is 0 Å². The largest absolute Gasteiger partial charge is 0.141 e. The van der Waals surface area contributed by atoms with Crippen LogP contribution in [0.25, 0.3) is 5.57 Å². The monoisotopic (exact) mass is 360 g/mol. The average molecular weight is 363 g/mol. The molecule has 18 heavy (non-hydrogen) atoms. The molecular formula is C12H6Cl6. The third kappa shape index (κ3) is 3.12. The van der Waals surface area contributed by atoms with Crippen LogP contribution in [0.4, 0.5) is 0 Å². The Morgan fingerprint density at radius 3 is 2.11 bits per heavy atom. The smallest absolute Gasteiger partial charge is 0.0966 e. The molecule has 1 aromatic carbocycles. The fourth-order valence-corrected chi connectivity index (χ4v) is 3.18. The predicted octanol–water partition coefficient (Wildman–Crippen LogP) is 6.73. The molecule has 96 valence electrons. The van der Waals surface area contributed by atoms with E-state index in [0.29, 0.717) is 32.1 Å². The molecule has 0 spiro atoms. The van der Waals surface area contributed by atoms with E-state index < -0.39 is 4.33 Å². The molecule has 0 radical (unpaired) electrons. The first-order valence-corrected chi connectivity index (χ1v) is 7.17. The fourth-order valence-electron chi connectivity index (χ4n) is 1.62. The SMILES string of the molecule is ClC1=C(c2cc(Cl)c(Cl)cc2Cl)C=CC(Cl)(Cl)C1. The molecule has 0 N–H and O–H groups in total. The number of rotatable bonds is 1. The van der Waals surface area contributed by atoms with Gasteiger partial charge >= 0.3 is 0 Å². The molecule has 0 amide bonds. The van der Waals surface area contributed by atoms with Gasteiger partial charge in [0, 0.05) is 17.0 Å². The molecular weight excluding hydrogens is 357 g/mol. The Bertz CT molecular complexity index is 556. The van der Waals surface area contributed by atoms with Crippen LogP contribution in [0.3, 0.4) is 0 Å². The van der Waals surface area contributed by atoms with E-state index in [1.54, 1.807) is 24.3 Å². The summed E-state index contributed by atoms with van der Waals surface area (Å²) in [5, 5.41) is 1.81. The molecule has 0 fully saturated rings. The van der Waals surface area contributed by atoms with Gasteiger partial charge in [-0.15, -0.1) is 0 Å². The number of hydrogen-bond donors (Lipinski definition) is 0. The maximum Gasteiger partial charge on any atom is 0.141 e. The van der Waals surface area contributed by atoms with Crippen molar-refractivity contribution in [2.24, 2.45) is 0 Å². The third-order valence-electron chi connectivity index (χ3n) is 2.48. The van der Waals surface area contributed by atoms with Crippen LogP contribution < -0.4 is 0 Å². The zero-order chi connectivity index (χ0) is 13.5. The molecule has 6 heteroatoms. The van der Waals surface area contributed by atoms with Gasteiger partial charge in [0.05, 0.1) is 15.1 Å². The van der Waals surface area contributed by atoms with Crippen LogP contribution in [0, 0.1) is 0 Å². The molecule has 2 rings (SSSR count). The summed E-state index contributed by atoms with van der Waals surface area (Å²) in [6.45, 7) is 0. The highest BCUT2D eigenvalue weighted by Crippen LogP contribution is 2.43. The standard InChI is InChI=1S/C12H6Cl6/c13-8-4-10(15)9(14)3-7(8)6-1-2-12(17,18)5-11(6)16/h1-4H,5H2. The lowest BCUT2D eigenvalue weighted by atomic mass is 9.99. The molecule has 0 atom stereocenters. The Morgan fingerprint density at radius 2 is 1.50 bits per heavy atom. The quantitative estimate of drug-likeness (QED) is 0.383. The van der Waals surface area contributed by atoms with Crippen molar-refractivity contribution in [2.45, 2.75) is 10.8 Å². The Kier molecular flexibility index (Phi) is 4.48. The number of halogens is 6. The van der Waals surface area contributed by atoms with E-state index in [-0.39, 0.29) is 0 Å². The lowest BCUT2D eigenvalue weighted by Gasteiger charge is -2.22. The molecule has 0 nitrogen and oxygen atoms in total. The highest BCUT2D eigenvalue weighted by atomic mass is 35.5. The minimum absolute atomic E-state index is 0.320. The highest BCUT2D eigenvalue weighted by Gasteiger charge is 2.27. The maximum absolute atomic E-state index is 6.19. The van der Waals surface area contributed by atoms with Crippen LogP contribution in [-0.2, 0) is 0 Å². The molecule has 0 heterocycles. The van der Waals surface area contributed by atoms with Crippen molar-refractivity contribution in [3.8, 4) is 0 Å². The van der Waals surface area contributed by atoms with Gasteiger partial charge in [0.2, 0.25) is 0 Å². The molecule has 1 aliphatic rings. The van der Waals surface area contributed by atoms with Crippen LogP contribution in [0.1, 0.15) is 12.0 Å². The van der Waals surface area contributed by atoms with E-state index in [2.05, 4.69) is 0 Å². The van der Waals surface area contributed by atoms with Crippen molar-refractivity contribution in [3.63, 3.8) is 0 Å². The van der Waals surface area contributed by atoms with Crippen LogP contribution >= 0.6 is 69.6 Å². The summed E-state index contributed by atoms with van der Waals surface area (Å²) in [5.41, 5.74) is 1.45. The second kappa shape index (κ2) is 5.44. The Balaban J connectivity index is 2.51. The van der Waals surface area contributed by atoms with Gasteiger partial charge in [-0.05, 0) is 23.8 Å². The maximum atomic E-state index is 6.19. The second-order valence-corrected chi connectivity index (χ2v) is 7.06. The molecule has 0 aliphatic heterocycles. The van der Waals surface area contributed by atoms with Crippen LogP contribution in [0.5, 0.6) is 0 Å². The van der Waals surface area contributed by atoms with E-state index in [1.807, 2.05) is 0 Å². The fraction of sp³-hybridized carbons (Fsp3) is 0.167. The molecule has 0 saturated heterocycles. The Morgan fingerprint density at radius 1 is 0.889 bits per heavy atom. The lowest BCUT2D eigenvalue weighted by molar-refractivity contribution is 0.950.